The SMILES string of the molecule is OCCCc1nc2cc(C(F)(F)F)ccc2n1Cc1ccco1. The first kappa shape index (κ1) is 15.6. The minimum Gasteiger partial charge on any atom is -0.467 e. The Morgan fingerprint density at radius 2 is 2.04 bits per heavy atom. The lowest BCUT2D eigenvalue weighted by atomic mass is 10.2. The number of hydrogen-bond donors (Lipinski definition) is 1. The van der Waals surface area contributed by atoms with Crippen LogP contribution >= 0.6 is 0 Å². The molecule has 3 aromatic rings. The van der Waals surface area contributed by atoms with Crippen molar-refractivity contribution in [2.75, 3.05) is 6.61 Å². The number of aliphatic hydroxyl groups excluding tert-OH is 1. The van der Waals surface area contributed by atoms with E-state index in [0.717, 1.165) is 12.1 Å². The smallest absolute Gasteiger partial charge is 0.416 e. The summed E-state index contributed by atoms with van der Waals surface area (Å²) in [6.45, 7) is 0.382. The molecule has 2 aromatic heterocycles. The number of nitrogens with zero attached hydrogens (tertiary/aromatic N) is 2. The number of rotatable bonds is 5. The van der Waals surface area contributed by atoms with Crippen molar-refractivity contribution >= 4 is 11.0 Å². The van der Waals surface area contributed by atoms with Crippen molar-refractivity contribution < 1.29 is 22.7 Å². The molecule has 0 aliphatic rings. The molecule has 2 heterocycles. The number of halogens is 3. The Labute approximate surface area is 130 Å². The fourth-order valence-electron chi connectivity index (χ4n) is 2.52. The van der Waals surface area contributed by atoms with E-state index in [2.05, 4.69) is 4.98 Å². The second-order valence-electron chi connectivity index (χ2n) is 5.22. The van der Waals surface area contributed by atoms with Crippen LogP contribution < -0.4 is 0 Å². The molecule has 23 heavy (non-hydrogen) atoms. The summed E-state index contributed by atoms with van der Waals surface area (Å²) in [6.07, 6.45) is -1.88. The quantitative estimate of drug-likeness (QED) is 0.780. The largest absolute Gasteiger partial charge is 0.467 e. The van der Waals surface area contributed by atoms with Crippen molar-refractivity contribution in [1.29, 1.82) is 0 Å². The van der Waals surface area contributed by atoms with E-state index in [1.54, 1.807) is 18.4 Å². The van der Waals surface area contributed by atoms with Gasteiger partial charge in [0.15, 0.2) is 0 Å². The molecule has 0 aliphatic heterocycles. The molecule has 0 bridgehead atoms. The summed E-state index contributed by atoms with van der Waals surface area (Å²) in [7, 11) is 0. The third kappa shape index (κ3) is 3.24. The topological polar surface area (TPSA) is 51.2 Å². The highest BCUT2D eigenvalue weighted by molar-refractivity contribution is 5.77. The van der Waals surface area contributed by atoms with Crippen LogP contribution in [0.1, 0.15) is 23.6 Å². The molecule has 0 spiro atoms. The minimum absolute atomic E-state index is 0.00222. The Bertz CT molecular complexity index is 792. The average Bonchev–Trinajstić information content (AvgIpc) is 3.12. The van der Waals surface area contributed by atoms with Crippen LogP contribution in [0.15, 0.2) is 41.0 Å². The van der Waals surface area contributed by atoms with Gasteiger partial charge in [0.1, 0.15) is 11.6 Å². The number of aliphatic hydroxyl groups is 1. The predicted octanol–water partition coefficient (Wildman–Crippen LogP) is 3.62. The molecular formula is C16H15F3N2O2. The number of hydrogen-bond acceptors (Lipinski definition) is 3. The van der Waals surface area contributed by atoms with Gasteiger partial charge in [0.2, 0.25) is 0 Å². The normalized spacial score (nSPS) is 12.2. The zero-order valence-corrected chi connectivity index (χ0v) is 12.2. The highest BCUT2D eigenvalue weighted by Gasteiger charge is 2.31. The second-order valence-corrected chi connectivity index (χ2v) is 5.22. The maximum atomic E-state index is 12.8. The summed E-state index contributed by atoms with van der Waals surface area (Å²) in [5.41, 5.74) is 0.183. The first-order valence-electron chi connectivity index (χ1n) is 7.18. The van der Waals surface area contributed by atoms with Gasteiger partial charge in [-0.2, -0.15) is 13.2 Å². The van der Waals surface area contributed by atoms with Gasteiger partial charge in [0.05, 0.1) is 29.4 Å². The van der Waals surface area contributed by atoms with Crippen molar-refractivity contribution in [3.05, 3.63) is 53.7 Å². The van der Waals surface area contributed by atoms with Crippen LogP contribution in [0.2, 0.25) is 0 Å². The Balaban J connectivity index is 2.06. The molecule has 7 heteroatoms. The van der Waals surface area contributed by atoms with Gasteiger partial charge in [-0.25, -0.2) is 4.98 Å². The molecule has 0 unspecified atom stereocenters. The van der Waals surface area contributed by atoms with Crippen LogP contribution in [-0.2, 0) is 19.1 Å². The fraction of sp³-hybridized carbons (Fsp3) is 0.312. The molecule has 1 N–H and O–H groups in total. The molecule has 0 fully saturated rings. The lowest BCUT2D eigenvalue weighted by Crippen LogP contribution is -2.06. The van der Waals surface area contributed by atoms with Crippen LogP contribution in [0.3, 0.4) is 0 Å². The van der Waals surface area contributed by atoms with Crippen molar-refractivity contribution in [3.63, 3.8) is 0 Å². The number of aromatic nitrogens is 2. The van der Waals surface area contributed by atoms with Gasteiger partial charge in [-0.3, -0.25) is 0 Å². The van der Waals surface area contributed by atoms with E-state index in [4.69, 9.17) is 9.52 Å². The van der Waals surface area contributed by atoms with Crippen LogP contribution in [0.4, 0.5) is 13.2 Å². The first-order valence-corrected chi connectivity index (χ1v) is 7.18. The van der Waals surface area contributed by atoms with E-state index in [-0.39, 0.29) is 6.61 Å². The van der Waals surface area contributed by atoms with Gasteiger partial charge in [-0.15, -0.1) is 0 Å². The molecule has 1 aromatic carbocycles. The van der Waals surface area contributed by atoms with Crippen molar-refractivity contribution in [2.45, 2.75) is 25.6 Å². The van der Waals surface area contributed by atoms with E-state index >= 15 is 0 Å². The third-order valence-electron chi connectivity index (χ3n) is 3.61. The van der Waals surface area contributed by atoms with Gasteiger partial charge in [0.25, 0.3) is 0 Å². The third-order valence-corrected chi connectivity index (χ3v) is 3.61. The van der Waals surface area contributed by atoms with Gasteiger partial charge >= 0.3 is 6.18 Å². The van der Waals surface area contributed by atoms with Gasteiger partial charge in [-0.1, -0.05) is 0 Å². The van der Waals surface area contributed by atoms with E-state index < -0.39 is 11.7 Å². The summed E-state index contributed by atoms with van der Waals surface area (Å²) >= 11 is 0. The predicted molar refractivity (Wildman–Crippen MR) is 78.0 cm³/mol. The molecule has 0 saturated heterocycles. The van der Waals surface area contributed by atoms with E-state index in [9.17, 15) is 13.2 Å². The lowest BCUT2D eigenvalue weighted by molar-refractivity contribution is -0.137. The number of alkyl halides is 3. The molecule has 0 amide bonds. The highest BCUT2D eigenvalue weighted by atomic mass is 19.4. The summed E-state index contributed by atoms with van der Waals surface area (Å²) in [5, 5.41) is 9.00. The molecule has 0 saturated carbocycles. The van der Waals surface area contributed by atoms with Gasteiger partial charge < -0.3 is 14.1 Å². The number of fused-ring (bicyclic) bond motifs is 1. The molecule has 122 valence electrons. The fourth-order valence-corrected chi connectivity index (χ4v) is 2.52. The van der Waals surface area contributed by atoms with Crippen LogP contribution in [0.5, 0.6) is 0 Å². The average molecular weight is 324 g/mol. The summed E-state index contributed by atoms with van der Waals surface area (Å²) in [6, 6.07) is 7.08. The Kier molecular flexibility index (Phi) is 4.12. The minimum atomic E-state index is -4.40. The lowest BCUT2D eigenvalue weighted by Gasteiger charge is -2.08. The monoisotopic (exact) mass is 324 g/mol. The summed E-state index contributed by atoms with van der Waals surface area (Å²) in [4.78, 5) is 4.32. The summed E-state index contributed by atoms with van der Waals surface area (Å²) < 4.78 is 45.7. The van der Waals surface area contributed by atoms with Crippen molar-refractivity contribution in [2.24, 2.45) is 0 Å². The first-order chi connectivity index (χ1) is 11.0. The maximum Gasteiger partial charge on any atom is 0.416 e. The zero-order valence-electron chi connectivity index (χ0n) is 12.2. The number of furan rings is 1. The van der Waals surface area contributed by atoms with E-state index in [1.165, 1.54) is 6.07 Å². The number of aryl methyl sites for hydroxylation is 1. The van der Waals surface area contributed by atoms with Crippen LogP contribution in [-0.4, -0.2) is 21.3 Å². The Morgan fingerprint density at radius 1 is 1.22 bits per heavy atom. The van der Waals surface area contributed by atoms with Crippen LogP contribution in [0, 0.1) is 0 Å². The molecule has 4 nitrogen and oxygen atoms in total. The van der Waals surface area contributed by atoms with Crippen molar-refractivity contribution in [3.8, 4) is 0 Å². The Hall–Kier alpha value is -2.28. The van der Waals surface area contributed by atoms with Gasteiger partial charge in [0, 0.05) is 13.0 Å². The number of benzene rings is 1. The molecule has 0 radical (unpaired) electrons. The molecular weight excluding hydrogens is 309 g/mol. The standard InChI is InChI=1S/C16H15F3N2O2/c17-16(18,19)11-5-6-14-13(9-11)20-15(4-1-7-22)21(14)10-12-3-2-8-23-12/h2-3,5-6,8-9,22H,1,4,7,10H2. The van der Waals surface area contributed by atoms with Gasteiger partial charge in [-0.05, 0) is 36.8 Å². The maximum absolute atomic E-state index is 12.8. The van der Waals surface area contributed by atoms with E-state index in [1.807, 2.05) is 4.57 Å². The van der Waals surface area contributed by atoms with E-state index in [0.29, 0.717) is 42.0 Å². The van der Waals surface area contributed by atoms with Crippen molar-refractivity contribution in [1.82, 2.24) is 9.55 Å². The van der Waals surface area contributed by atoms with Crippen LogP contribution in [0.25, 0.3) is 11.0 Å². The second kappa shape index (κ2) is 6.08. The highest BCUT2D eigenvalue weighted by Crippen LogP contribution is 2.31. The zero-order chi connectivity index (χ0) is 16.4. The number of imidazole rings is 1. The molecule has 0 aliphatic carbocycles. The summed E-state index contributed by atoms with van der Waals surface area (Å²) in [5.74, 6) is 1.32. The molecule has 3 rings (SSSR count). The Morgan fingerprint density at radius 3 is 2.70 bits per heavy atom. The molecule has 0 atom stereocenters.